The first kappa shape index (κ1) is 14.7. The van der Waals surface area contributed by atoms with E-state index >= 15 is 0 Å². The Morgan fingerprint density at radius 1 is 1.16 bits per heavy atom. The molecule has 1 aromatic rings. The van der Waals surface area contributed by atoms with E-state index in [9.17, 15) is 0 Å². The molecule has 0 bridgehead atoms. The van der Waals surface area contributed by atoms with Crippen LogP contribution in [0.2, 0.25) is 0 Å². The number of piperidine rings is 1. The van der Waals surface area contributed by atoms with Crippen molar-refractivity contribution in [2.24, 2.45) is 5.92 Å². The van der Waals surface area contributed by atoms with Crippen molar-refractivity contribution in [3.63, 3.8) is 0 Å². The maximum Gasteiger partial charge on any atom is 0.245 e. The lowest BCUT2D eigenvalue weighted by Gasteiger charge is -2.33. The molecule has 2 heterocycles. The molecule has 1 fully saturated rings. The lowest BCUT2D eigenvalue weighted by atomic mass is 9.94. The molecule has 5 heteroatoms. The van der Waals surface area contributed by atoms with Gasteiger partial charge in [0.1, 0.15) is 0 Å². The Balaban J connectivity index is 2.07. The van der Waals surface area contributed by atoms with Crippen LogP contribution in [0.25, 0.3) is 0 Å². The van der Waals surface area contributed by atoms with Crippen molar-refractivity contribution >= 4 is 21.9 Å². The number of hydrogen-bond acceptors (Lipinski definition) is 4. The van der Waals surface area contributed by atoms with Gasteiger partial charge in [-0.3, -0.25) is 0 Å². The molecule has 1 aliphatic heterocycles. The highest BCUT2D eigenvalue weighted by Gasteiger charge is 2.24. The Morgan fingerprint density at radius 3 is 2.32 bits per heavy atom. The summed E-state index contributed by atoms with van der Waals surface area (Å²) in [5, 5.41) is 8.64. The van der Waals surface area contributed by atoms with Crippen molar-refractivity contribution in [3.8, 4) is 0 Å². The molecular weight excluding hydrogens is 304 g/mol. The van der Waals surface area contributed by atoms with E-state index in [-0.39, 0.29) is 0 Å². The number of halogens is 1. The summed E-state index contributed by atoms with van der Waals surface area (Å²) >= 11 is 3.69. The zero-order chi connectivity index (χ0) is 13.8. The van der Waals surface area contributed by atoms with Crippen LogP contribution >= 0.6 is 15.9 Å². The molecule has 4 nitrogen and oxygen atoms in total. The molecule has 0 aromatic carbocycles. The second kappa shape index (κ2) is 6.64. The largest absolute Gasteiger partial charge is 0.340 e. The van der Waals surface area contributed by atoms with Crippen molar-refractivity contribution in [1.82, 2.24) is 15.2 Å². The van der Waals surface area contributed by atoms with Gasteiger partial charge < -0.3 is 4.90 Å². The Kier molecular flexibility index (Phi) is 5.13. The summed E-state index contributed by atoms with van der Waals surface area (Å²) in [5.41, 5.74) is 2.14. The average molecular weight is 327 g/mol. The van der Waals surface area contributed by atoms with E-state index in [2.05, 4.69) is 51.8 Å². The molecule has 0 spiro atoms. The van der Waals surface area contributed by atoms with Crippen LogP contribution in [0.3, 0.4) is 0 Å². The minimum Gasteiger partial charge on any atom is -0.340 e. The Hall–Kier alpha value is -0.710. The highest BCUT2D eigenvalue weighted by molar-refractivity contribution is 9.09. The number of aromatic nitrogens is 3. The standard InChI is InChI=1S/C14H23BrN4/c1-4-12-13(5-2)17-18-14(16-12)19-8-6-11(7-9-19)10(3)15/h10-11H,4-9H2,1-3H3. The quantitative estimate of drug-likeness (QED) is 0.797. The number of hydrogen-bond donors (Lipinski definition) is 0. The predicted octanol–water partition coefficient (Wildman–Crippen LogP) is 3.00. The molecule has 0 amide bonds. The minimum atomic E-state index is 0.599. The molecule has 1 aliphatic rings. The Bertz CT molecular complexity index is 414. The third kappa shape index (κ3) is 3.44. The van der Waals surface area contributed by atoms with Crippen LogP contribution in [-0.4, -0.2) is 33.1 Å². The van der Waals surface area contributed by atoms with E-state index in [1.54, 1.807) is 0 Å². The van der Waals surface area contributed by atoms with Crippen LogP contribution in [0.1, 0.15) is 45.0 Å². The third-order valence-corrected chi connectivity index (χ3v) is 4.72. The van der Waals surface area contributed by atoms with Gasteiger partial charge >= 0.3 is 0 Å². The normalized spacial score (nSPS) is 18.6. The van der Waals surface area contributed by atoms with Gasteiger partial charge in [0.05, 0.1) is 11.4 Å². The molecule has 1 unspecified atom stereocenters. The number of anilines is 1. The zero-order valence-electron chi connectivity index (χ0n) is 12.1. The SMILES string of the molecule is CCc1nnc(N2CCC(C(C)Br)CC2)nc1CC. The van der Waals surface area contributed by atoms with E-state index < -0.39 is 0 Å². The Morgan fingerprint density at radius 2 is 1.79 bits per heavy atom. The smallest absolute Gasteiger partial charge is 0.245 e. The number of nitrogens with zero attached hydrogens (tertiary/aromatic N) is 4. The lowest BCUT2D eigenvalue weighted by molar-refractivity contribution is 0.403. The topological polar surface area (TPSA) is 41.9 Å². The van der Waals surface area contributed by atoms with Gasteiger partial charge in [-0.15, -0.1) is 5.10 Å². The van der Waals surface area contributed by atoms with Crippen molar-refractivity contribution in [2.75, 3.05) is 18.0 Å². The fraction of sp³-hybridized carbons (Fsp3) is 0.786. The summed E-state index contributed by atoms with van der Waals surface area (Å²) in [5.74, 6) is 1.58. The van der Waals surface area contributed by atoms with E-state index in [0.29, 0.717) is 4.83 Å². The van der Waals surface area contributed by atoms with Crippen LogP contribution in [0.4, 0.5) is 5.95 Å². The highest BCUT2D eigenvalue weighted by Crippen LogP contribution is 2.26. The second-order valence-corrected chi connectivity index (χ2v) is 6.66. The van der Waals surface area contributed by atoms with E-state index in [1.807, 2.05) is 0 Å². The minimum absolute atomic E-state index is 0.599. The molecular formula is C14H23BrN4. The number of aryl methyl sites for hydroxylation is 2. The highest BCUT2D eigenvalue weighted by atomic mass is 79.9. The predicted molar refractivity (Wildman–Crippen MR) is 81.9 cm³/mol. The van der Waals surface area contributed by atoms with Gasteiger partial charge in [0.15, 0.2) is 0 Å². The Labute approximate surface area is 124 Å². The maximum atomic E-state index is 4.70. The first-order valence-corrected chi connectivity index (χ1v) is 8.18. The first-order chi connectivity index (χ1) is 9.15. The summed E-state index contributed by atoms with van der Waals surface area (Å²) in [4.78, 5) is 7.57. The van der Waals surface area contributed by atoms with Crippen LogP contribution in [0, 0.1) is 5.92 Å². The molecule has 1 aromatic heterocycles. The summed E-state index contributed by atoms with van der Waals surface area (Å²) in [6, 6.07) is 0. The molecule has 0 radical (unpaired) electrons. The van der Waals surface area contributed by atoms with Gasteiger partial charge in [-0.05, 0) is 31.6 Å². The van der Waals surface area contributed by atoms with Gasteiger partial charge in [0.25, 0.3) is 0 Å². The maximum absolute atomic E-state index is 4.70. The third-order valence-electron chi connectivity index (χ3n) is 3.97. The molecule has 19 heavy (non-hydrogen) atoms. The average Bonchev–Trinajstić information content (AvgIpc) is 2.46. The van der Waals surface area contributed by atoms with Crippen molar-refractivity contribution in [3.05, 3.63) is 11.4 Å². The van der Waals surface area contributed by atoms with E-state index in [1.165, 1.54) is 12.8 Å². The molecule has 106 valence electrons. The van der Waals surface area contributed by atoms with Crippen LogP contribution < -0.4 is 4.90 Å². The van der Waals surface area contributed by atoms with Crippen molar-refractivity contribution in [1.29, 1.82) is 0 Å². The van der Waals surface area contributed by atoms with E-state index in [4.69, 9.17) is 4.98 Å². The monoisotopic (exact) mass is 326 g/mol. The van der Waals surface area contributed by atoms with Gasteiger partial charge in [0.2, 0.25) is 5.95 Å². The van der Waals surface area contributed by atoms with Crippen molar-refractivity contribution in [2.45, 2.75) is 51.3 Å². The molecule has 1 atom stereocenters. The summed E-state index contributed by atoms with van der Waals surface area (Å²) in [7, 11) is 0. The van der Waals surface area contributed by atoms with Gasteiger partial charge in [0, 0.05) is 17.9 Å². The first-order valence-electron chi connectivity index (χ1n) is 7.27. The molecule has 0 saturated carbocycles. The lowest BCUT2D eigenvalue weighted by Crippen LogP contribution is -2.37. The van der Waals surface area contributed by atoms with Gasteiger partial charge in [-0.1, -0.05) is 36.7 Å². The van der Waals surface area contributed by atoms with Crippen molar-refractivity contribution < 1.29 is 0 Å². The number of rotatable bonds is 4. The summed E-state index contributed by atoms with van der Waals surface area (Å²) in [6.07, 6.45) is 4.24. The van der Waals surface area contributed by atoms with Gasteiger partial charge in [-0.25, -0.2) is 4.98 Å². The second-order valence-electron chi connectivity index (χ2n) is 5.21. The van der Waals surface area contributed by atoms with E-state index in [0.717, 1.165) is 49.2 Å². The molecule has 1 saturated heterocycles. The van der Waals surface area contributed by atoms with Crippen LogP contribution in [0.5, 0.6) is 0 Å². The fourth-order valence-electron chi connectivity index (χ4n) is 2.62. The van der Waals surface area contributed by atoms with Gasteiger partial charge in [-0.2, -0.15) is 5.10 Å². The molecule has 0 N–H and O–H groups in total. The number of alkyl halides is 1. The van der Waals surface area contributed by atoms with Crippen LogP contribution in [0.15, 0.2) is 0 Å². The summed E-state index contributed by atoms with van der Waals surface area (Å²) in [6.45, 7) is 8.55. The molecule has 2 rings (SSSR count). The summed E-state index contributed by atoms with van der Waals surface area (Å²) < 4.78 is 0. The van der Waals surface area contributed by atoms with Crippen LogP contribution in [-0.2, 0) is 12.8 Å². The fourth-order valence-corrected chi connectivity index (χ4v) is 3.15. The molecule has 0 aliphatic carbocycles. The zero-order valence-corrected chi connectivity index (χ0v) is 13.7.